The van der Waals surface area contributed by atoms with E-state index in [1.54, 1.807) is 0 Å². The van der Waals surface area contributed by atoms with E-state index in [1.807, 2.05) is 0 Å². The average molecular weight is 282 g/mol. The number of likely N-dealkylation sites (tertiary alicyclic amines) is 1. The van der Waals surface area contributed by atoms with Crippen molar-refractivity contribution >= 4 is 0 Å². The molecule has 2 atom stereocenters. The Morgan fingerprint density at radius 3 is 2.45 bits per heavy atom. The van der Waals surface area contributed by atoms with Crippen LogP contribution in [-0.4, -0.2) is 42.8 Å². The monoisotopic (exact) mass is 282 g/mol. The maximum Gasteiger partial charge on any atom is 0.0616 e. The fraction of sp³-hybridized carbons (Fsp3) is 1.00. The van der Waals surface area contributed by atoms with Gasteiger partial charge in [-0.05, 0) is 50.0 Å². The van der Waals surface area contributed by atoms with Gasteiger partial charge in [0.25, 0.3) is 0 Å². The second-order valence-electron chi connectivity index (χ2n) is 7.41. The Hall–Kier alpha value is -0.120. The lowest BCUT2D eigenvalue weighted by molar-refractivity contribution is -0.0845. The van der Waals surface area contributed by atoms with Gasteiger partial charge < -0.3 is 10.5 Å². The molecular formula is C17H34N2O. The average Bonchev–Trinajstić information content (AvgIpc) is 2.93. The third kappa shape index (κ3) is 2.90. The van der Waals surface area contributed by atoms with Crippen molar-refractivity contribution in [2.45, 2.75) is 71.4 Å². The SMILES string of the molecule is CCC1(CC)CCN(C2(CN)CCOC(C(C)C)C2)C1. The lowest BCUT2D eigenvalue weighted by Gasteiger charge is -2.48. The molecule has 20 heavy (non-hydrogen) atoms. The van der Waals surface area contributed by atoms with Gasteiger partial charge in [0.1, 0.15) is 0 Å². The molecule has 0 amide bonds. The van der Waals surface area contributed by atoms with Crippen LogP contribution in [-0.2, 0) is 4.74 Å². The first kappa shape index (κ1) is 16.3. The van der Waals surface area contributed by atoms with Crippen LogP contribution in [0.15, 0.2) is 0 Å². The molecule has 0 radical (unpaired) electrons. The fourth-order valence-corrected chi connectivity index (χ4v) is 4.13. The van der Waals surface area contributed by atoms with Crippen molar-refractivity contribution in [1.82, 2.24) is 4.90 Å². The molecule has 0 aromatic carbocycles. The van der Waals surface area contributed by atoms with Gasteiger partial charge in [0, 0.05) is 25.2 Å². The van der Waals surface area contributed by atoms with E-state index in [2.05, 4.69) is 32.6 Å². The zero-order valence-electron chi connectivity index (χ0n) is 14.0. The largest absolute Gasteiger partial charge is 0.378 e. The lowest BCUT2D eigenvalue weighted by Crippen LogP contribution is -2.58. The van der Waals surface area contributed by atoms with Gasteiger partial charge in [0.15, 0.2) is 0 Å². The van der Waals surface area contributed by atoms with Crippen molar-refractivity contribution in [1.29, 1.82) is 0 Å². The molecule has 0 aromatic rings. The summed E-state index contributed by atoms with van der Waals surface area (Å²) in [7, 11) is 0. The Balaban J connectivity index is 2.12. The lowest BCUT2D eigenvalue weighted by atomic mass is 9.80. The number of nitrogens with two attached hydrogens (primary N) is 1. The Bertz CT molecular complexity index is 314. The highest BCUT2D eigenvalue weighted by molar-refractivity contribution is 5.02. The molecule has 0 aliphatic carbocycles. The first-order valence-corrected chi connectivity index (χ1v) is 8.57. The summed E-state index contributed by atoms with van der Waals surface area (Å²) in [6.07, 6.45) is 6.54. The molecule has 2 unspecified atom stereocenters. The minimum absolute atomic E-state index is 0.194. The molecule has 0 saturated carbocycles. The summed E-state index contributed by atoms with van der Waals surface area (Å²) >= 11 is 0. The molecule has 2 aliphatic heterocycles. The quantitative estimate of drug-likeness (QED) is 0.842. The zero-order chi connectivity index (χ0) is 14.8. The van der Waals surface area contributed by atoms with E-state index in [-0.39, 0.29) is 5.54 Å². The van der Waals surface area contributed by atoms with Gasteiger partial charge in [-0.15, -0.1) is 0 Å². The van der Waals surface area contributed by atoms with Gasteiger partial charge in [-0.25, -0.2) is 0 Å². The van der Waals surface area contributed by atoms with Crippen LogP contribution < -0.4 is 5.73 Å². The highest BCUT2D eigenvalue weighted by Gasteiger charge is 2.47. The van der Waals surface area contributed by atoms with Gasteiger partial charge in [-0.1, -0.05) is 27.7 Å². The Morgan fingerprint density at radius 2 is 1.95 bits per heavy atom. The van der Waals surface area contributed by atoms with Crippen LogP contribution in [0.4, 0.5) is 0 Å². The first-order chi connectivity index (χ1) is 9.51. The van der Waals surface area contributed by atoms with E-state index in [9.17, 15) is 0 Å². The highest BCUT2D eigenvalue weighted by atomic mass is 16.5. The molecule has 2 heterocycles. The Morgan fingerprint density at radius 1 is 1.25 bits per heavy atom. The van der Waals surface area contributed by atoms with Crippen LogP contribution in [0.1, 0.15) is 59.8 Å². The maximum atomic E-state index is 6.25. The summed E-state index contributed by atoms with van der Waals surface area (Å²) in [6, 6.07) is 0. The minimum atomic E-state index is 0.194. The van der Waals surface area contributed by atoms with Crippen molar-refractivity contribution in [3.63, 3.8) is 0 Å². The summed E-state index contributed by atoms with van der Waals surface area (Å²) < 4.78 is 5.98. The normalized spacial score (nSPS) is 34.8. The molecule has 2 fully saturated rings. The number of hydrogen-bond acceptors (Lipinski definition) is 3. The van der Waals surface area contributed by atoms with Crippen LogP contribution in [0.3, 0.4) is 0 Å². The summed E-state index contributed by atoms with van der Waals surface area (Å²) in [6.45, 7) is 13.4. The van der Waals surface area contributed by atoms with Gasteiger partial charge >= 0.3 is 0 Å². The number of hydrogen-bond donors (Lipinski definition) is 1. The second-order valence-corrected chi connectivity index (χ2v) is 7.41. The zero-order valence-corrected chi connectivity index (χ0v) is 14.0. The summed E-state index contributed by atoms with van der Waals surface area (Å²) in [5.74, 6) is 0.589. The Labute approximate surface area is 125 Å². The van der Waals surface area contributed by atoms with Crippen LogP contribution in [0, 0.1) is 11.3 Å². The number of rotatable bonds is 5. The van der Waals surface area contributed by atoms with E-state index >= 15 is 0 Å². The van der Waals surface area contributed by atoms with Crippen molar-refractivity contribution in [3.05, 3.63) is 0 Å². The third-order valence-corrected chi connectivity index (χ3v) is 6.21. The highest BCUT2D eigenvalue weighted by Crippen LogP contribution is 2.43. The van der Waals surface area contributed by atoms with Crippen LogP contribution in [0.5, 0.6) is 0 Å². The molecule has 2 rings (SSSR count). The molecule has 118 valence electrons. The smallest absolute Gasteiger partial charge is 0.0616 e. The Kier molecular flexibility index (Phi) is 5.14. The van der Waals surface area contributed by atoms with Crippen LogP contribution >= 0.6 is 0 Å². The van der Waals surface area contributed by atoms with Gasteiger partial charge in [0.2, 0.25) is 0 Å². The number of nitrogens with zero attached hydrogens (tertiary/aromatic N) is 1. The van der Waals surface area contributed by atoms with Crippen molar-refractivity contribution in [2.75, 3.05) is 26.2 Å². The molecule has 2 aliphatic rings. The summed E-state index contributed by atoms with van der Waals surface area (Å²) in [5.41, 5.74) is 6.98. The first-order valence-electron chi connectivity index (χ1n) is 8.57. The predicted octanol–water partition coefficient (Wildman–Crippen LogP) is 3.03. The van der Waals surface area contributed by atoms with E-state index in [0.29, 0.717) is 17.4 Å². The summed E-state index contributed by atoms with van der Waals surface area (Å²) in [4.78, 5) is 2.72. The maximum absolute atomic E-state index is 6.25. The van der Waals surface area contributed by atoms with E-state index in [0.717, 1.165) is 26.0 Å². The van der Waals surface area contributed by atoms with E-state index in [1.165, 1.54) is 32.4 Å². The van der Waals surface area contributed by atoms with Crippen molar-refractivity contribution in [2.24, 2.45) is 17.1 Å². The van der Waals surface area contributed by atoms with Gasteiger partial charge in [-0.3, -0.25) is 4.90 Å². The second kappa shape index (κ2) is 6.33. The van der Waals surface area contributed by atoms with E-state index < -0.39 is 0 Å². The molecule has 2 N–H and O–H groups in total. The number of ether oxygens (including phenoxy) is 1. The molecule has 0 bridgehead atoms. The molecule has 0 aromatic heterocycles. The van der Waals surface area contributed by atoms with Crippen LogP contribution in [0.25, 0.3) is 0 Å². The molecule has 0 spiro atoms. The van der Waals surface area contributed by atoms with Gasteiger partial charge in [-0.2, -0.15) is 0 Å². The van der Waals surface area contributed by atoms with Gasteiger partial charge in [0.05, 0.1) is 6.10 Å². The van der Waals surface area contributed by atoms with Crippen LogP contribution in [0.2, 0.25) is 0 Å². The minimum Gasteiger partial charge on any atom is -0.378 e. The molecular weight excluding hydrogens is 248 g/mol. The van der Waals surface area contributed by atoms with E-state index in [4.69, 9.17) is 10.5 Å². The fourth-order valence-electron chi connectivity index (χ4n) is 4.13. The standard InChI is InChI=1S/C17H34N2O/c1-5-16(6-2)7-9-19(13-16)17(12-18)8-10-20-15(11-17)14(3)4/h14-15H,5-13,18H2,1-4H3. The topological polar surface area (TPSA) is 38.5 Å². The summed E-state index contributed by atoms with van der Waals surface area (Å²) in [5, 5.41) is 0. The van der Waals surface area contributed by atoms with Crippen molar-refractivity contribution < 1.29 is 4.74 Å². The third-order valence-electron chi connectivity index (χ3n) is 6.21. The molecule has 2 saturated heterocycles. The van der Waals surface area contributed by atoms with Crippen molar-refractivity contribution in [3.8, 4) is 0 Å². The molecule has 3 nitrogen and oxygen atoms in total. The predicted molar refractivity (Wildman–Crippen MR) is 84.8 cm³/mol. The molecule has 3 heteroatoms.